The summed E-state index contributed by atoms with van der Waals surface area (Å²) in [6, 6.07) is 15.2. The molecule has 0 aromatic heterocycles. The summed E-state index contributed by atoms with van der Waals surface area (Å²) < 4.78 is 0. The van der Waals surface area contributed by atoms with Crippen molar-refractivity contribution in [2.24, 2.45) is 0 Å². The molecule has 0 spiro atoms. The molecule has 1 aliphatic heterocycles. The lowest BCUT2D eigenvalue weighted by Crippen LogP contribution is -2.28. The highest BCUT2D eigenvalue weighted by Crippen LogP contribution is 2.28. The van der Waals surface area contributed by atoms with E-state index in [-0.39, 0.29) is 0 Å². The third-order valence-electron chi connectivity index (χ3n) is 5.09. The average Bonchev–Trinajstić information content (AvgIpc) is 2.80. The normalized spacial score (nSPS) is 16.4. The van der Waals surface area contributed by atoms with Crippen LogP contribution in [0.4, 0.5) is 0 Å². The zero-order valence-corrected chi connectivity index (χ0v) is 15.5. The van der Waals surface area contributed by atoms with Crippen molar-refractivity contribution in [3.8, 4) is 17.2 Å². The van der Waals surface area contributed by atoms with Crippen LogP contribution in [0.5, 0.6) is 0 Å². The number of rotatable bonds is 3. The van der Waals surface area contributed by atoms with Crippen molar-refractivity contribution >= 4 is 0 Å². The second-order valence-corrected chi connectivity index (χ2v) is 7.24. The van der Waals surface area contributed by atoms with Gasteiger partial charge in [-0.1, -0.05) is 35.9 Å². The number of nitriles is 1. The maximum Gasteiger partial charge on any atom is 0.0998 e. The third kappa shape index (κ3) is 4.28. The van der Waals surface area contributed by atoms with Crippen molar-refractivity contribution in [3.63, 3.8) is 0 Å². The molecule has 130 valence electrons. The maximum atomic E-state index is 9.66. The molecule has 1 heterocycles. The van der Waals surface area contributed by atoms with Gasteiger partial charge in [0.05, 0.1) is 11.6 Å². The topological polar surface area (TPSA) is 30.3 Å². The first-order valence-electron chi connectivity index (χ1n) is 9.08. The van der Waals surface area contributed by atoms with E-state index >= 15 is 0 Å². The number of nitrogens with zero attached hydrogens (tertiary/aromatic N) is 3. The van der Waals surface area contributed by atoms with Gasteiger partial charge in [-0.3, -0.25) is 4.90 Å². The summed E-state index contributed by atoms with van der Waals surface area (Å²) in [4.78, 5) is 4.89. The highest BCUT2D eigenvalue weighted by atomic mass is 15.2. The molecule has 25 heavy (non-hydrogen) atoms. The predicted molar refractivity (Wildman–Crippen MR) is 103 cm³/mol. The summed E-state index contributed by atoms with van der Waals surface area (Å²) in [7, 11) is 2.19. The molecule has 3 rings (SSSR count). The lowest BCUT2D eigenvalue weighted by atomic mass is 9.94. The first kappa shape index (κ1) is 17.7. The molecule has 3 nitrogen and oxygen atoms in total. The van der Waals surface area contributed by atoms with Gasteiger partial charge in [0.1, 0.15) is 0 Å². The van der Waals surface area contributed by atoms with Crippen LogP contribution >= 0.6 is 0 Å². The number of likely N-dealkylation sites (N-methyl/N-ethyl adjacent to an activating group) is 1. The zero-order valence-electron chi connectivity index (χ0n) is 15.5. The van der Waals surface area contributed by atoms with Crippen LogP contribution < -0.4 is 0 Å². The van der Waals surface area contributed by atoms with Crippen LogP contribution in [0, 0.1) is 25.2 Å². The molecule has 3 heteroatoms. The number of aryl methyl sites for hydroxylation is 2. The molecule has 0 bridgehead atoms. The molecule has 2 aromatic rings. The monoisotopic (exact) mass is 333 g/mol. The summed E-state index contributed by atoms with van der Waals surface area (Å²) in [6.07, 6.45) is 1.21. The lowest BCUT2D eigenvalue weighted by Gasteiger charge is -2.20. The van der Waals surface area contributed by atoms with Crippen LogP contribution in [0.15, 0.2) is 36.4 Å². The first-order valence-corrected chi connectivity index (χ1v) is 9.08. The SMILES string of the molecule is Cc1ccc(-c2ccc(CN3CCCN(C)CC3)cc2C#N)c(C)c1. The van der Waals surface area contributed by atoms with E-state index < -0.39 is 0 Å². The molecule has 0 atom stereocenters. The summed E-state index contributed by atoms with van der Waals surface area (Å²) in [5, 5.41) is 9.66. The standard InChI is InChI=1S/C22H27N3/c1-17-5-7-21(18(2)13-17)22-8-6-19(14-20(22)15-23)16-25-10-4-9-24(3)11-12-25/h5-8,13-14H,4,9-12,16H2,1-3H3. The van der Waals surface area contributed by atoms with E-state index in [0.29, 0.717) is 0 Å². The van der Waals surface area contributed by atoms with Crippen molar-refractivity contribution in [3.05, 3.63) is 58.7 Å². The van der Waals surface area contributed by atoms with Gasteiger partial charge in [-0.15, -0.1) is 0 Å². The van der Waals surface area contributed by atoms with Gasteiger partial charge in [0.2, 0.25) is 0 Å². The van der Waals surface area contributed by atoms with Gasteiger partial charge < -0.3 is 4.90 Å². The fraction of sp³-hybridized carbons (Fsp3) is 0.409. The first-order chi connectivity index (χ1) is 12.1. The van der Waals surface area contributed by atoms with Gasteiger partial charge in [-0.2, -0.15) is 5.26 Å². The Hall–Kier alpha value is -2.15. The predicted octanol–water partition coefficient (Wildman–Crippen LogP) is 3.98. The number of hydrogen-bond donors (Lipinski definition) is 0. The number of hydrogen-bond acceptors (Lipinski definition) is 3. The van der Waals surface area contributed by atoms with Crippen LogP contribution in [-0.2, 0) is 6.54 Å². The van der Waals surface area contributed by atoms with E-state index in [0.717, 1.165) is 42.9 Å². The Morgan fingerprint density at radius 1 is 0.960 bits per heavy atom. The molecule has 0 amide bonds. The minimum Gasteiger partial charge on any atom is -0.305 e. The van der Waals surface area contributed by atoms with Gasteiger partial charge in [-0.05, 0) is 68.7 Å². The molecule has 0 aliphatic carbocycles. The van der Waals surface area contributed by atoms with E-state index in [1.807, 2.05) is 0 Å². The summed E-state index contributed by atoms with van der Waals surface area (Å²) in [5.74, 6) is 0. The minimum absolute atomic E-state index is 0.774. The van der Waals surface area contributed by atoms with E-state index in [1.165, 1.54) is 29.7 Å². The van der Waals surface area contributed by atoms with Gasteiger partial charge in [0.25, 0.3) is 0 Å². The Labute approximate surface area is 151 Å². The molecule has 0 N–H and O–H groups in total. The largest absolute Gasteiger partial charge is 0.305 e. The van der Waals surface area contributed by atoms with Gasteiger partial charge >= 0.3 is 0 Å². The van der Waals surface area contributed by atoms with Crippen LogP contribution in [-0.4, -0.2) is 43.0 Å². The summed E-state index contributed by atoms with van der Waals surface area (Å²) in [5.41, 5.74) is 6.68. The third-order valence-corrected chi connectivity index (χ3v) is 5.09. The van der Waals surface area contributed by atoms with E-state index in [1.54, 1.807) is 0 Å². The Balaban J connectivity index is 1.83. The van der Waals surface area contributed by atoms with Crippen LogP contribution in [0.2, 0.25) is 0 Å². The smallest absolute Gasteiger partial charge is 0.0998 e. The minimum atomic E-state index is 0.774. The highest BCUT2D eigenvalue weighted by molar-refractivity contribution is 5.73. The van der Waals surface area contributed by atoms with E-state index in [4.69, 9.17) is 0 Å². The molecule has 0 radical (unpaired) electrons. The molecule has 1 saturated heterocycles. The quantitative estimate of drug-likeness (QED) is 0.851. The fourth-order valence-electron chi connectivity index (χ4n) is 3.65. The molecule has 0 unspecified atom stereocenters. The molecular formula is C22H27N3. The van der Waals surface area contributed by atoms with Crippen molar-refractivity contribution in [2.45, 2.75) is 26.8 Å². The van der Waals surface area contributed by atoms with Gasteiger partial charge in [-0.25, -0.2) is 0 Å². The molecule has 0 saturated carbocycles. The zero-order chi connectivity index (χ0) is 17.8. The van der Waals surface area contributed by atoms with Gasteiger partial charge in [0.15, 0.2) is 0 Å². The Kier molecular flexibility index (Phi) is 5.53. The summed E-state index contributed by atoms with van der Waals surface area (Å²) >= 11 is 0. The molecule has 2 aromatic carbocycles. The Bertz CT molecular complexity index is 788. The number of benzene rings is 2. The Morgan fingerprint density at radius 2 is 1.76 bits per heavy atom. The van der Waals surface area contributed by atoms with Crippen LogP contribution in [0.1, 0.15) is 28.7 Å². The van der Waals surface area contributed by atoms with Crippen LogP contribution in [0.25, 0.3) is 11.1 Å². The van der Waals surface area contributed by atoms with E-state index in [9.17, 15) is 5.26 Å². The molecular weight excluding hydrogens is 306 g/mol. The second-order valence-electron chi connectivity index (χ2n) is 7.24. The average molecular weight is 333 g/mol. The fourth-order valence-corrected chi connectivity index (χ4v) is 3.65. The van der Waals surface area contributed by atoms with Gasteiger partial charge in [0, 0.05) is 19.6 Å². The Morgan fingerprint density at radius 3 is 2.52 bits per heavy atom. The van der Waals surface area contributed by atoms with Crippen molar-refractivity contribution in [1.29, 1.82) is 5.26 Å². The van der Waals surface area contributed by atoms with Crippen molar-refractivity contribution < 1.29 is 0 Å². The van der Waals surface area contributed by atoms with Crippen LogP contribution in [0.3, 0.4) is 0 Å². The lowest BCUT2D eigenvalue weighted by molar-refractivity contribution is 0.269. The molecule has 1 fully saturated rings. The van der Waals surface area contributed by atoms with Crippen molar-refractivity contribution in [2.75, 3.05) is 33.2 Å². The second kappa shape index (κ2) is 7.82. The maximum absolute atomic E-state index is 9.66. The van der Waals surface area contributed by atoms with E-state index in [2.05, 4.69) is 73.2 Å². The highest BCUT2D eigenvalue weighted by Gasteiger charge is 2.14. The summed E-state index contributed by atoms with van der Waals surface area (Å²) in [6.45, 7) is 9.66. The van der Waals surface area contributed by atoms with Crippen molar-refractivity contribution in [1.82, 2.24) is 9.80 Å². The molecule has 1 aliphatic rings.